The smallest absolute Gasteiger partial charge is 0.182 e. The molecule has 3 aromatic carbocycles. The third kappa shape index (κ3) is 11.5. The Morgan fingerprint density at radius 2 is 0.655 bits per heavy atom. The van der Waals surface area contributed by atoms with Gasteiger partial charge in [-0.3, -0.25) is 15.0 Å². The first-order valence-electron chi connectivity index (χ1n) is 27.3. The number of nitrogens with zero attached hydrogens (tertiary/aromatic N) is 15. The number of nitrogens with one attached hydrogen (secondary N) is 6. The summed E-state index contributed by atoms with van der Waals surface area (Å²) in [6.45, 7) is 5.98. The molecule has 0 aliphatic carbocycles. The largest absolute Gasteiger partial charge is 0.360 e. The van der Waals surface area contributed by atoms with Crippen LogP contribution in [0.2, 0.25) is 0 Å². The van der Waals surface area contributed by atoms with Gasteiger partial charge in [-0.25, -0.2) is 73.0 Å². The first kappa shape index (κ1) is 54.4. The average Bonchev–Trinajstić information content (AvgIpc) is 2.01. The number of pyridine rings is 6. The van der Waals surface area contributed by atoms with Gasteiger partial charge >= 0.3 is 0 Å². The van der Waals surface area contributed by atoms with Crippen molar-refractivity contribution in [2.24, 2.45) is 0 Å². The van der Waals surface area contributed by atoms with Crippen molar-refractivity contribution in [3.05, 3.63) is 218 Å². The van der Waals surface area contributed by atoms with Crippen LogP contribution in [0.15, 0.2) is 184 Å². The summed E-state index contributed by atoms with van der Waals surface area (Å²) in [7, 11) is 0. The lowest BCUT2D eigenvalue weighted by Crippen LogP contribution is -2.12. The van der Waals surface area contributed by atoms with Crippen molar-refractivity contribution >= 4 is 83.7 Å². The van der Waals surface area contributed by atoms with Crippen LogP contribution in [0.25, 0.3) is 100.0 Å². The number of aromatic amines is 3. The molecule has 0 aliphatic rings. The van der Waals surface area contributed by atoms with Crippen LogP contribution in [0.3, 0.4) is 0 Å². The van der Waals surface area contributed by atoms with Gasteiger partial charge in [0, 0.05) is 51.4 Å². The fraction of sp³-hybridized carbons (Fsp3) is 0.0952. The minimum Gasteiger partial charge on any atom is -0.360 e. The molecule has 12 aromatic heterocycles. The van der Waals surface area contributed by atoms with Crippen LogP contribution in [-0.4, -0.2) is 89.7 Å². The second kappa shape index (κ2) is 23.8. The minimum absolute atomic E-state index is 0.206. The first-order chi connectivity index (χ1) is 42.6. The number of benzene rings is 3. The zero-order chi connectivity index (χ0) is 59.4. The summed E-state index contributed by atoms with van der Waals surface area (Å²) in [6, 6.07) is 35.9. The standard InChI is InChI=1S/3C21H16FN7/c3*1-12(28-21-19-20(25-10-24-19)26-11-27-21)18-15(17-4-2-3-7-23-17)9-13-8-14(22)5-6-16(13)29-18/h3*2-12H,1H3,(H2,24,25,26,27,28)/t2*12-;/m10./s1. The number of hydrogen-bond acceptors (Lipinski definition) is 18. The van der Waals surface area contributed by atoms with E-state index in [2.05, 4.69) is 90.7 Å². The van der Waals surface area contributed by atoms with E-state index >= 15 is 0 Å². The molecule has 0 radical (unpaired) electrons. The zero-order valence-corrected chi connectivity index (χ0v) is 46.4. The maximum Gasteiger partial charge on any atom is 0.182 e. The SMILES string of the molecule is CC(Nc1ncnc2nc[nH]c12)c1nc2ccc(F)cc2cc1-c1ccccn1.C[C@@H](Nc1ncnc2nc[nH]c12)c1nc2ccc(F)cc2cc1-c1ccccn1.C[C@H](Nc1ncnc2nc[nH]c12)c1nc2ccc(F)cc2cc1-c1ccccn1. The van der Waals surface area contributed by atoms with Gasteiger partial charge in [-0.1, -0.05) is 18.2 Å². The van der Waals surface area contributed by atoms with E-state index in [0.717, 1.165) is 83.6 Å². The van der Waals surface area contributed by atoms with Gasteiger partial charge in [0.05, 0.1) is 87.8 Å². The van der Waals surface area contributed by atoms with E-state index in [-0.39, 0.29) is 35.6 Å². The maximum absolute atomic E-state index is 13.8. The number of anilines is 3. The summed E-state index contributed by atoms with van der Waals surface area (Å²) in [5.41, 5.74) is 13.2. The normalized spacial score (nSPS) is 12.3. The molecule has 24 heteroatoms. The summed E-state index contributed by atoms with van der Waals surface area (Å²) >= 11 is 0. The Morgan fingerprint density at radius 1 is 0.345 bits per heavy atom. The van der Waals surface area contributed by atoms with Crippen molar-refractivity contribution < 1.29 is 13.2 Å². The second-order valence-electron chi connectivity index (χ2n) is 20.0. The Morgan fingerprint density at radius 3 is 0.943 bits per heavy atom. The third-order valence-electron chi connectivity index (χ3n) is 14.2. The van der Waals surface area contributed by atoms with Crippen LogP contribution in [0.5, 0.6) is 0 Å². The molecule has 6 N–H and O–H groups in total. The summed E-state index contributed by atoms with van der Waals surface area (Å²) in [6.07, 6.45) is 14.3. The van der Waals surface area contributed by atoms with Gasteiger partial charge in [0.25, 0.3) is 0 Å². The Hall–Kier alpha value is -11.8. The lowest BCUT2D eigenvalue weighted by molar-refractivity contribution is 0.629. The molecule has 12 heterocycles. The molecule has 87 heavy (non-hydrogen) atoms. The molecule has 21 nitrogen and oxygen atoms in total. The molecular weight excluding hydrogens is 1110 g/mol. The number of imidazole rings is 3. The van der Waals surface area contributed by atoms with Gasteiger partial charge in [0.2, 0.25) is 0 Å². The average molecular weight is 1160 g/mol. The predicted octanol–water partition coefficient (Wildman–Crippen LogP) is 12.8. The molecule has 1 unspecified atom stereocenters. The number of fused-ring (bicyclic) bond motifs is 6. The van der Waals surface area contributed by atoms with Crippen molar-refractivity contribution in [1.82, 2.24) is 89.7 Å². The van der Waals surface area contributed by atoms with Gasteiger partial charge in [-0.15, -0.1) is 0 Å². The van der Waals surface area contributed by atoms with Crippen LogP contribution >= 0.6 is 0 Å². The number of hydrogen-bond donors (Lipinski definition) is 6. The number of H-pyrrole nitrogens is 3. The van der Waals surface area contributed by atoms with Crippen LogP contribution in [0.1, 0.15) is 56.0 Å². The molecule has 426 valence electrons. The molecule has 0 fully saturated rings. The van der Waals surface area contributed by atoms with Crippen LogP contribution in [0.4, 0.5) is 30.6 Å². The molecule has 15 aromatic rings. The topological polar surface area (TPSA) is 277 Å². The third-order valence-corrected chi connectivity index (χ3v) is 14.2. The maximum atomic E-state index is 13.8. The highest BCUT2D eigenvalue weighted by Crippen LogP contribution is 2.35. The number of rotatable bonds is 12. The first-order valence-corrected chi connectivity index (χ1v) is 27.3. The van der Waals surface area contributed by atoms with Gasteiger partial charge in [0.15, 0.2) is 34.4 Å². The highest BCUT2D eigenvalue weighted by molar-refractivity contribution is 5.89. The Balaban J connectivity index is 0.000000121. The van der Waals surface area contributed by atoms with Gasteiger partial charge in [0.1, 0.15) is 53.0 Å². The van der Waals surface area contributed by atoms with E-state index in [1.165, 1.54) is 55.4 Å². The van der Waals surface area contributed by atoms with Crippen LogP contribution < -0.4 is 16.0 Å². The molecule has 0 amide bonds. The summed E-state index contributed by atoms with van der Waals surface area (Å²) in [4.78, 5) is 74.9. The summed E-state index contributed by atoms with van der Waals surface area (Å²) < 4.78 is 41.3. The second-order valence-corrected chi connectivity index (χ2v) is 20.0. The molecule has 0 bridgehead atoms. The number of aromatic nitrogens is 18. The zero-order valence-electron chi connectivity index (χ0n) is 46.4. The van der Waals surface area contributed by atoms with Crippen molar-refractivity contribution in [3.8, 4) is 33.8 Å². The van der Waals surface area contributed by atoms with Gasteiger partial charge < -0.3 is 30.9 Å². The molecule has 0 saturated heterocycles. The van der Waals surface area contributed by atoms with Crippen molar-refractivity contribution in [1.29, 1.82) is 0 Å². The van der Waals surface area contributed by atoms with Gasteiger partial charge in [-0.05, 0) is 130 Å². The van der Waals surface area contributed by atoms with Crippen molar-refractivity contribution in [3.63, 3.8) is 0 Å². The van der Waals surface area contributed by atoms with E-state index < -0.39 is 0 Å². The highest BCUT2D eigenvalue weighted by atomic mass is 19.1. The molecule has 0 saturated carbocycles. The Kier molecular flexibility index (Phi) is 14.9. The lowest BCUT2D eigenvalue weighted by Gasteiger charge is -2.18. The minimum atomic E-state index is -0.298. The fourth-order valence-corrected chi connectivity index (χ4v) is 10.1. The molecule has 3 atom stereocenters. The van der Waals surface area contributed by atoms with Crippen molar-refractivity contribution in [2.75, 3.05) is 16.0 Å². The van der Waals surface area contributed by atoms with E-state index in [1.807, 2.05) is 93.6 Å². The molecule has 0 spiro atoms. The quantitative estimate of drug-likeness (QED) is 0.0663. The molecule has 15 rings (SSSR count). The van der Waals surface area contributed by atoms with Crippen molar-refractivity contribution in [2.45, 2.75) is 38.9 Å². The predicted molar refractivity (Wildman–Crippen MR) is 326 cm³/mol. The van der Waals surface area contributed by atoms with E-state index in [9.17, 15) is 13.2 Å². The summed E-state index contributed by atoms with van der Waals surface area (Å²) in [5, 5.41) is 12.3. The van der Waals surface area contributed by atoms with E-state index in [1.54, 1.807) is 55.8 Å². The van der Waals surface area contributed by atoms with Crippen LogP contribution in [0, 0.1) is 17.5 Å². The van der Waals surface area contributed by atoms with E-state index in [0.29, 0.717) is 50.9 Å². The number of halogens is 3. The van der Waals surface area contributed by atoms with Gasteiger partial charge in [-0.2, -0.15) is 0 Å². The Labute approximate surface area is 491 Å². The lowest BCUT2D eigenvalue weighted by atomic mass is 10.0. The fourth-order valence-electron chi connectivity index (χ4n) is 10.1. The molecular formula is C63H48F3N21. The monoisotopic (exact) mass is 1160 g/mol. The van der Waals surface area contributed by atoms with Crippen LogP contribution in [-0.2, 0) is 0 Å². The molecule has 0 aliphatic heterocycles. The Bertz CT molecular complexity index is 4440. The highest BCUT2D eigenvalue weighted by Gasteiger charge is 2.22. The van der Waals surface area contributed by atoms with E-state index in [4.69, 9.17) is 15.0 Å². The summed E-state index contributed by atoms with van der Waals surface area (Å²) in [5.74, 6) is 1.00.